The molecule has 0 aromatic heterocycles. The number of hydrogen-bond acceptors (Lipinski definition) is 6. The van der Waals surface area contributed by atoms with Gasteiger partial charge in [0.1, 0.15) is 31.9 Å². The summed E-state index contributed by atoms with van der Waals surface area (Å²) in [6, 6.07) is 4.48. The zero-order valence-corrected chi connectivity index (χ0v) is 17.9. The van der Waals surface area contributed by atoms with Crippen molar-refractivity contribution in [3.05, 3.63) is 53.0 Å². The molecule has 1 aliphatic rings. The molecule has 1 aliphatic carbocycles. The van der Waals surface area contributed by atoms with Gasteiger partial charge in [0.2, 0.25) is 0 Å². The monoisotopic (exact) mass is 462 g/mol. The van der Waals surface area contributed by atoms with Crippen molar-refractivity contribution in [1.82, 2.24) is 0 Å². The van der Waals surface area contributed by atoms with Crippen LogP contribution in [0.25, 0.3) is 0 Å². The fourth-order valence-electron chi connectivity index (χ4n) is 2.67. The molecule has 0 saturated heterocycles. The molecule has 1 N–H and O–H groups in total. The van der Waals surface area contributed by atoms with Crippen molar-refractivity contribution in [3.63, 3.8) is 0 Å². The molecular weight excluding hydrogens is 437 g/mol. The lowest BCUT2D eigenvalue weighted by molar-refractivity contribution is -0.144. The zero-order valence-electron chi connectivity index (χ0n) is 17.1. The van der Waals surface area contributed by atoms with E-state index in [2.05, 4.69) is 0 Å². The van der Waals surface area contributed by atoms with Gasteiger partial charge in [-0.25, -0.2) is 4.79 Å². The quantitative estimate of drug-likeness (QED) is 0.463. The number of ether oxygens (including phenoxy) is 4. The van der Waals surface area contributed by atoms with Crippen LogP contribution in [0, 0.1) is 5.92 Å². The molecule has 0 radical (unpaired) electrons. The van der Waals surface area contributed by atoms with Crippen LogP contribution < -0.4 is 4.74 Å². The number of hydrogen-bond donors (Lipinski definition) is 1. The summed E-state index contributed by atoms with van der Waals surface area (Å²) in [7, 11) is 1.49. The smallest absolute Gasteiger partial charge is 0.416 e. The first-order valence-corrected chi connectivity index (χ1v) is 10.4. The fraction of sp³-hybridized carbons (Fsp3) is 0.476. The van der Waals surface area contributed by atoms with Crippen molar-refractivity contribution < 1.29 is 42.0 Å². The topological polar surface area (TPSA) is 74.2 Å². The van der Waals surface area contributed by atoms with Crippen molar-refractivity contribution in [2.45, 2.75) is 25.3 Å². The van der Waals surface area contributed by atoms with Crippen LogP contribution in [0.4, 0.5) is 13.2 Å². The lowest BCUT2D eigenvalue weighted by Gasteiger charge is -2.23. The second kappa shape index (κ2) is 12.1. The van der Waals surface area contributed by atoms with E-state index in [9.17, 15) is 18.0 Å². The molecule has 3 unspecified atom stereocenters. The molecule has 10 heteroatoms. The number of benzene rings is 1. The van der Waals surface area contributed by atoms with Gasteiger partial charge in [-0.3, -0.25) is 0 Å². The van der Waals surface area contributed by atoms with E-state index in [1.807, 2.05) is 25.2 Å². The van der Waals surface area contributed by atoms with Crippen LogP contribution in [0.1, 0.15) is 12.5 Å². The Morgan fingerprint density at radius 3 is 2.55 bits per heavy atom. The van der Waals surface area contributed by atoms with Gasteiger partial charge in [0, 0.05) is 23.7 Å². The third-order valence-electron chi connectivity index (χ3n) is 4.27. The molecule has 0 aliphatic heterocycles. The minimum Gasteiger partial charge on any atom is -0.491 e. The Hall–Kier alpha value is -2.01. The van der Waals surface area contributed by atoms with Crippen molar-refractivity contribution in [3.8, 4) is 5.75 Å². The van der Waals surface area contributed by atoms with Gasteiger partial charge >= 0.3 is 12.1 Å². The van der Waals surface area contributed by atoms with Gasteiger partial charge in [-0.1, -0.05) is 25.2 Å². The molecule has 172 valence electrons. The molecule has 1 aromatic rings. The van der Waals surface area contributed by atoms with Crippen molar-refractivity contribution in [2.75, 3.05) is 32.9 Å². The van der Waals surface area contributed by atoms with Gasteiger partial charge in [0.25, 0.3) is 0 Å². The number of carboxylic acid groups (broad SMARTS) is 1. The maximum Gasteiger partial charge on any atom is 0.416 e. The molecule has 31 heavy (non-hydrogen) atoms. The first-order valence-electron chi connectivity index (χ1n) is 9.46. The highest BCUT2D eigenvalue weighted by molar-refractivity contribution is 8.03. The molecule has 0 heterocycles. The van der Waals surface area contributed by atoms with Gasteiger partial charge in [-0.2, -0.15) is 13.2 Å². The SMILES string of the molecule is COCOC(COc1ccc(C(F)(F)F)cc1)CSC1=CC(C)C(OCC(=O)O)C=C1. The van der Waals surface area contributed by atoms with Crippen LogP contribution >= 0.6 is 11.8 Å². The molecule has 0 fully saturated rings. The summed E-state index contributed by atoms with van der Waals surface area (Å²) in [4.78, 5) is 11.6. The second-order valence-electron chi connectivity index (χ2n) is 6.80. The van der Waals surface area contributed by atoms with Crippen molar-refractivity contribution in [2.24, 2.45) is 5.92 Å². The van der Waals surface area contributed by atoms with Crippen molar-refractivity contribution in [1.29, 1.82) is 0 Å². The first kappa shape index (κ1) is 25.3. The van der Waals surface area contributed by atoms with Crippen LogP contribution in [-0.4, -0.2) is 56.2 Å². The van der Waals surface area contributed by atoms with Gasteiger partial charge in [0.15, 0.2) is 0 Å². The molecule has 0 amide bonds. The standard InChI is InChI=1S/C21H25F3O6S/c1-14-9-18(7-8-19(14)29-11-20(25)26)31-12-17(30-13-27-2)10-28-16-5-3-15(4-6-16)21(22,23)24/h3-9,14,17,19H,10-13H2,1-2H3,(H,25,26). The Kier molecular flexibility index (Phi) is 9.89. The summed E-state index contributed by atoms with van der Waals surface area (Å²) in [5.41, 5.74) is -0.738. The van der Waals surface area contributed by atoms with E-state index < -0.39 is 17.7 Å². The lowest BCUT2D eigenvalue weighted by Crippen LogP contribution is -2.26. The molecular formula is C21H25F3O6S. The average Bonchev–Trinajstić information content (AvgIpc) is 2.72. The summed E-state index contributed by atoms with van der Waals surface area (Å²) >= 11 is 1.52. The predicted octanol–water partition coefficient (Wildman–Crippen LogP) is 4.37. The fourth-order valence-corrected chi connectivity index (χ4v) is 3.73. The third kappa shape index (κ3) is 8.94. The minimum absolute atomic E-state index is 0.00795. The van der Waals surface area contributed by atoms with Gasteiger partial charge in [-0.05, 0) is 24.3 Å². The summed E-state index contributed by atoms with van der Waals surface area (Å²) in [5.74, 6) is -0.176. The summed E-state index contributed by atoms with van der Waals surface area (Å²) < 4.78 is 59.4. The number of aliphatic carboxylic acids is 1. The van der Waals surface area contributed by atoms with Gasteiger partial charge in [-0.15, -0.1) is 11.8 Å². The van der Waals surface area contributed by atoms with E-state index in [-0.39, 0.29) is 38.1 Å². The molecule has 6 nitrogen and oxygen atoms in total. The predicted molar refractivity (Wildman–Crippen MR) is 110 cm³/mol. The number of alkyl halides is 3. The molecule has 2 rings (SSSR count). The number of carboxylic acids is 1. The maximum absolute atomic E-state index is 12.7. The third-order valence-corrected chi connectivity index (χ3v) is 5.41. The van der Waals surface area contributed by atoms with Crippen molar-refractivity contribution >= 4 is 17.7 Å². The summed E-state index contributed by atoms with van der Waals surface area (Å²) in [5, 5.41) is 8.73. The number of allylic oxidation sites excluding steroid dienone is 1. The number of rotatable bonds is 12. The Bertz CT molecular complexity index is 763. The summed E-state index contributed by atoms with van der Waals surface area (Å²) in [6.07, 6.45) is 0.610. The Labute approximate surface area is 183 Å². The molecule has 1 aromatic carbocycles. The van der Waals surface area contributed by atoms with Gasteiger partial charge < -0.3 is 24.1 Å². The maximum atomic E-state index is 12.7. The molecule has 3 atom stereocenters. The van der Waals surface area contributed by atoms with Crippen LogP contribution in [0.2, 0.25) is 0 Å². The Morgan fingerprint density at radius 2 is 1.97 bits per heavy atom. The van der Waals surface area contributed by atoms with E-state index >= 15 is 0 Å². The average molecular weight is 462 g/mol. The number of methoxy groups -OCH3 is 1. The van der Waals surface area contributed by atoms with E-state index in [0.717, 1.165) is 17.0 Å². The highest BCUT2D eigenvalue weighted by Crippen LogP contribution is 2.31. The molecule has 0 bridgehead atoms. The van der Waals surface area contributed by atoms with Gasteiger partial charge in [0.05, 0.1) is 11.7 Å². The van der Waals surface area contributed by atoms with E-state index in [0.29, 0.717) is 11.5 Å². The van der Waals surface area contributed by atoms with E-state index in [1.165, 1.54) is 31.0 Å². The van der Waals surface area contributed by atoms with Crippen LogP contribution in [0.15, 0.2) is 47.4 Å². The highest BCUT2D eigenvalue weighted by Gasteiger charge is 2.30. The van der Waals surface area contributed by atoms with E-state index in [4.69, 9.17) is 24.1 Å². The minimum atomic E-state index is -4.39. The largest absolute Gasteiger partial charge is 0.491 e. The number of carbonyl (C=O) groups is 1. The lowest BCUT2D eigenvalue weighted by atomic mass is 10.00. The normalized spacial score (nSPS) is 19.7. The molecule has 0 spiro atoms. The number of thioether (sulfide) groups is 1. The zero-order chi connectivity index (χ0) is 22.9. The van der Waals surface area contributed by atoms with Crippen LogP contribution in [0.3, 0.4) is 0 Å². The number of halogens is 3. The van der Waals surface area contributed by atoms with E-state index in [1.54, 1.807) is 0 Å². The van der Waals surface area contributed by atoms with Crippen LogP contribution in [-0.2, 0) is 25.2 Å². The Balaban J connectivity index is 1.86. The second-order valence-corrected chi connectivity index (χ2v) is 7.89. The summed E-state index contributed by atoms with van der Waals surface area (Å²) in [6.45, 7) is 1.77. The molecule has 0 saturated carbocycles. The first-order chi connectivity index (χ1) is 14.7. The Morgan fingerprint density at radius 1 is 1.26 bits per heavy atom. The highest BCUT2D eigenvalue weighted by atomic mass is 32.2. The van der Waals surface area contributed by atoms with Crippen LogP contribution in [0.5, 0.6) is 5.75 Å².